The van der Waals surface area contributed by atoms with E-state index in [0.29, 0.717) is 6.54 Å². The van der Waals surface area contributed by atoms with Gasteiger partial charge in [-0.25, -0.2) is 8.42 Å². The minimum Gasteiger partial charge on any atom is -0.480 e. The first-order chi connectivity index (χ1) is 7.80. The number of carboxylic acids is 1. The van der Waals surface area contributed by atoms with Crippen LogP contribution in [0.2, 0.25) is 0 Å². The summed E-state index contributed by atoms with van der Waals surface area (Å²) in [6.45, 7) is -0.0404. The minimum absolute atomic E-state index is 0.00299. The monoisotopic (exact) mass is 264 g/mol. The number of rotatable bonds is 4. The number of aliphatic carboxylic acids is 1. The van der Waals surface area contributed by atoms with Crippen LogP contribution in [-0.2, 0) is 19.4 Å². The van der Waals surface area contributed by atoms with Crippen molar-refractivity contribution in [1.29, 1.82) is 0 Å². The fraction of sp³-hybridized carbons (Fsp3) is 0.778. The number of hydrogen-bond acceptors (Lipinski definition) is 5. The van der Waals surface area contributed by atoms with Crippen molar-refractivity contribution in [2.24, 2.45) is 0 Å². The fourth-order valence-corrected chi connectivity index (χ4v) is 3.10. The van der Waals surface area contributed by atoms with E-state index in [9.17, 15) is 18.0 Å². The van der Waals surface area contributed by atoms with E-state index in [-0.39, 0.29) is 30.4 Å². The molecular formula is C9H16N2O5S. The van der Waals surface area contributed by atoms with Crippen molar-refractivity contribution < 1.29 is 23.1 Å². The lowest BCUT2D eigenvalue weighted by molar-refractivity contribution is -0.143. The molecule has 1 saturated heterocycles. The predicted octanol–water partition coefficient (Wildman–Crippen LogP) is -1.69. The van der Waals surface area contributed by atoms with Crippen LogP contribution >= 0.6 is 0 Å². The van der Waals surface area contributed by atoms with Gasteiger partial charge < -0.3 is 15.3 Å². The molecule has 1 aliphatic rings. The summed E-state index contributed by atoms with van der Waals surface area (Å²) in [5.41, 5.74) is 0. The molecule has 0 aliphatic carbocycles. The Morgan fingerprint density at radius 2 is 2.12 bits per heavy atom. The zero-order valence-electron chi connectivity index (χ0n) is 9.55. The second kappa shape index (κ2) is 5.46. The zero-order valence-corrected chi connectivity index (χ0v) is 10.4. The third kappa shape index (κ3) is 4.70. The maximum Gasteiger partial charge on any atom is 0.323 e. The molecule has 1 atom stereocenters. The van der Waals surface area contributed by atoms with Gasteiger partial charge in [0.1, 0.15) is 6.54 Å². The van der Waals surface area contributed by atoms with Gasteiger partial charge in [-0.2, -0.15) is 0 Å². The fourth-order valence-electron chi connectivity index (χ4n) is 1.66. The molecule has 17 heavy (non-hydrogen) atoms. The van der Waals surface area contributed by atoms with Gasteiger partial charge in [0.05, 0.1) is 11.5 Å². The average Bonchev–Trinajstić information content (AvgIpc) is 2.14. The van der Waals surface area contributed by atoms with Crippen LogP contribution in [0.25, 0.3) is 0 Å². The molecule has 98 valence electrons. The molecule has 1 rings (SSSR count). The van der Waals surface area contributed by atoms with Gasteiger partial charge >= 0.3 is 5.97 Å². The van der Waals surface area contributed by atoms with E-state index in [0.717, 1.165) is 4.90 Å². The van der Waals surface area contributed by atoms with Gasteiger partial charge in [0, 0.05) is 26.1 Å². The van der Waals surface area contributed by atoms with E-state index in [1.165, 1.54) is 7.05 Å². The SMILES string of the molecule is CN(CC(=O)O)C(=O)CC1CS(=O)(=O)CCN1. The molecule has 7 nitrogen and oxygen atoms in total. The lowest BCUT2D eigenvalue weighted by Gasteiger charge is -2.25. The van der Waals surface area contributed by atoms with Crippen LogP contribution in [-0.4, -0.2) is 68.0 Å². The summed E-state index contributed by atoms with van der Waals surface area (Å²) >= 11 is 0. The van der Waals surface area contributed by atoms with Crippen molar-refractivity contribution in [1.82, 2.24) is 10.2 Å². The summed E-state index contributed by atoms with van der Waals surface area (Å²) in [5.74, 6) is -1.45. The number of carboxylic acid groups (broad SMARTS) is 1. The third-order valence-corrected chi connectivity index (χ3v) is 4.26. The first-order valence-corrected chi connectivity index (χ1v) is 7.02. The summed E-state index contributed by atoms with van der Waals surface area (Å²) in [7, 11) is -1.69. The average molecular weight is 264 g/mol. The number of likely N-dealkylation sites (N-methyl/N-ethyl adjacent to an activating group) is 1. The van der Waals surface area contributed by atoms with E-state index < -0.39 is 21.8 Å². The van der Waals surface area contributed by atoms with Crippen LogP contribution in [0.1, 0.15) is 6.42 Å². The van der Waals surface area contributed by atoms with Crippen molar-refractivity contribution in [3.05, 3.63) is 0 Å². The molecule has 0 saturated carbocycles. The number of nitrogens with one attached hydrogen (secondary N) is 1. The highest BCUT2D eigenvalue weighted by Gasteiger charge is 2.27. The lowest BCUT2D eigenvalue weighted by atomic mass is 10.2. The molecule has 1 amide bonds. The van der Waals surface area contributed by atoms with E-state index in [1.807, 2.05) is 0 Å². The van der Waals surface area contributed by atoms with Crippen molar-refractivity contribution >= 4 is 21.7 Å². The maximum atomic E-state index is 11.6. The topological polar surface area (TPSA) is 104 Å². The van der Waals surface area contributed by atoms with Gasteiger partial charge in [0.25, 0.3) is 0 Å². The van der Waals surface area contributed by atoms with E-state index >= 15 is 0 Å². The minimum atomic E-state index is -3.08. The van der Waals surface area contributed by atoms with Crippen molar-refractivity contribution in [3.63, 3.8) is 0 Å². The van der Waals surface area contributed by atoms with Gasteiger partial charge in [0.2, 0.25) is 5.91 Å². The Morgan fingerprint density at radius 1 is 1.47 bits per heavy atom. The standard InChI is InChI=1S/C9H16N2O5S/c1-11(5-9(13)14)8(12)4-7-6-17(15,16)3-2-10-7/h7,10H,2-6H2,1H3,(H,13,14). The molecule has 0 radical (unpaired) electrons. The Kier molecular flexibility index (Phi) is 4.47. The summed E-state index contributed by atoms with van der Waals surface area (Å²) in [4.78, 5) is 23.1. The van der Waals surface area contributed by atoms with E-state index in [4.69, 9.17) is 5.11 Å². The Bertz CT molecular complexity index is 406. The molecule has 0 spiro atoms. The molecule has 0 aromatic rings. The molecule has 2 N–H and O–H groups in total. The molecule has 0 aromatic carbocycles. The van der Waals surface area contributed by atoms with Crippen LogP contribution in [0.4, 0.5) is 0 Å². The second-order valence-corrected chi connectivity index (χ2v) is 6.34. The Labute approximate surface area is 99.7 Å². The predicted molar refractivity (Wildman–Crippen MR) is 60.3 cm³/mol. The lowest BCUT2D eigenvalue weighted by Crippen LogP contribution is -2.47. The largest absolute Gasteiger partial charge is 0.480 e. The number of nitrogens with zero attached hydrogens (tertiary/aromatic N) is 1. The van der Waals surface area contributed by atoms with Gasteiger partial charge in [-0.3, -0.25) is 9.59 Å². The van der Waals surface area contributed by atoms with Crippen LogP contribution in [0.15, 0.2) is 0 Å². The molecule has 1 unspecified atom stereocenters. The maximum absolute atomic E-state index is 11.6. The van der Waals surface area contributed by atoms with Crippen molar-refractivity contribution in [3.8, 4) is 0 Å². The second-order valence-electron chi connectivity index (χ2n) is 4.11. The Hall–Kier alpha value is -1.15. The van der Waals surface area contributed by atoms with E-state index in [2.05, 4.69) is 5.32 Å². The summed E-state index contributed by atoms with van der Waals surface area (Å²) < 4.78 is 22.7. The van der Waals surface area contributed by atoms with E-state index in [1.54, 1.807) is 0 Å². The molecule has 1 heterocycles. The quantitative estimate of drug-likeness (QED) is 0.627. The highest BCUT2D eigenvalue weighted by Crippen LogP contribution is 2.06. The molecule has 0 bridgehead atoms. The number of hydrogen-bond donors (Lipinski definition) is 2. The number of sulfone groups is 1. The Balaban J connectivity index is 2.48. The van der Waals surface area contributed by atoms with Gasteiger partial charge in [-0.15, -0.1) is 0 Å². The molecule has 8 heteroatoms. The van der Waals surface area contributed by atoms with Crippen LogP contribution in [0, 0.1) is 0 Å². The van der Waals surface area contributed by atoms with Crippen molar-refractivity contribution in [2.45, 2.75) is 12.5 Å². The highest BCUT2D eigenvalue weighted by molar-refractivity contribution is 7.91. The number of amides is 1. The van der Waals surface area contributed by atoms with Gasteiger partial charge in [-0.1, -0.05) is 0 Å². The van der Waals surface area contributed by atoms with Crippen molar-refractivity contribution in [2.75, 3.05) is 31.6 Å². The van der Waals surface area contributed by atoms with Gasteiger partial charge in [-0.05, 0) is 0 Å². The molecule has 1 aliphatic heterocycles. The Morgan fingerprint density at radius 3 is 2.65 bits per heavy atom. The summed E-state index contributed by atoms with van der Waals surface area (Å²) in [6.07, 6.45) is 0.00299. The molecule has 0 aromatic heterocycles. The van der Waals surface area contributed by atoms with Gasteiger partial charge in [0.15, 0.2) is 9.84 Å². The number of carbonyl (C=O) groups is 2. The first kappa shape index (κ1) is 13.9. The summed E-state index contributed by atoms with van der Waals surface area (Å²) in [6, 6.07) is -0.419. The molecular weight excluding hydrogens is 248 g/mol. The molecule has 1 fully saturated rings. The zero-order chi connectivity index (χ0) is 13.1. The van der Waals surface area contributed by atoms with Crippen LogP contribution < -0.4 is 5.32 Å². The normalized spacial score (nSPS) is 23.0. The smallest absolute Gasteiger partial charge is 0.323 e. The first-order valence-electron chi connectivity index (χ1n) is 5.20. The van der Waals surface area contributed by atoms with Crippen LogP contribution in [0.5, 0.6) is 0 Å². The number of carbonyl (C=O) groups excluding carboxylic acids is 1. The highest BCUT2D eigenvalue weighted by atomic mass is 32.2. The third-order valence-electron chi connectivity index (χ3n) is 2.52. The summed E-state index contributed by atoms with van der Waals surface area (Å²) in [5, 5.41) is 11.5. The van der Waals surface area contributed by atoms with Crippen LogP contribution in [0.3, 0.4) is 0 Å².